The minimum Gasteiger partial charge on any atom is -0.379 e. The second kappa shape index (κ2) is 15.9. The van der Waals surface area contributed by atoms with Crippen molar-refractivity contribution in [1.82, 2.24) is 30.6 Å². The highest BCUT2D eigenvalue weighted by atomic mass is 32.2. The molecule has 43 heavy (non-hydrogen) atoms. The van der Waals surface area contributed by atoms with Crippen molar-refractivity contribution < 1.29 is 32.4 Å². The molecule has 2 aromatic rings. The van der Waals surface area contributed by atoms with E-state index >= 15 is 0 Å². The average molecular weight is 633 g/mol. The number of fused-ring (bicyclic) bond motifs is 1. The predicted molar refractivity (Wildman–Crippen MR) is 163 cm³/mol. The third-order valence-corrected chi connectivity index (χ3v) is 8.23. The summed E-state index contributed by atoms with van der Waals surface area (Å²) in [5.74, 6) is -2.93. The third-order valence-electron chi connectivity index (χ3n) is 6.60. The topological polar surface area (TPSA) is 185 Å². The second-order valence-corrected chi connectivity index (χ2v) is 12.0. The molecule has 0 saturated carbocycles. The fourth-order valence-corrected chi connectivity index (χ4v) is 5.64. The normalized spacial score (nSPS) is 13.8. The number of nitrogens with one attached hydrogen (secondary N) is 5. The van der Waals surface area contributed by atoms with E-state index in [1.165, 1.54) is 0 Å². The fourth-order valence-electron chi connectivity index (χ4n) is 4.40. The van der Waals surface area contributed by atoms with E-state index in [2.05, 4.69) is 45.2 Å². The first-order chi connectivity index (χ1) is 20.5. The first-order valence-electron chi connectivity index (χ1n) is 13.7. The number of sulfonamides is 1. The first kappa shape index (κ1) is 33.4. The molecule has 1 aliphatic rings. The molecule has 3 rings (SSSR count). The number of carbonyl (C=O) groups is 5. The van der Waals surface area contributed by atoms with Gasteiger partial charge in [-0.25, -0.2) is 8.42 Å². The molecule has 1 atom stereocenters. The summed E-state index contributed by atoms with van der Waals surface area (Å²) in [4.78, 5) is 60.7. The molecular weight excluding hydrogens is 596 g/mol. The number of ketones is 1. The number of amides is 4. The Balaban J connectivity index is 1.32. The molecule has 4 amide bonds. The Kier molecular flexibility index (Phi) is 12.4. The molecule has 2 heterocycles. The van der Waals surface area contributed by atoms with Crippen molar-refractivity contribution in [3.63, 3.8) is 0 Å². The van der Waals surface area contributed by atoms with Crippen LogP contribution in [0.25, 0.3) is 0 Å². The van der Waals surface area contributed by atoms with Gasteiger partial charge in [0.1, 0.15) is 0 Å². The standard InChI is InChI=1S/C28H36N6O7S2/c1-19(15-31-26(37)18-42)30-16-25(36)32-17-24(35)29-12-5-6-14-43(40,41)33-28(39)21-11-13-34-22(21)9-10-23(34)27(38)20-7-3-2-4-8-20/h2-4,7-10,21,30,42H,1,5-6,11-18H2,(H,29,35)(H,31,37)(H,32,36)(H,33,39). The Morgan fingerprint density at radius 1 is 0.860 bits per heavy atom. The minimum atomic E-state index is -3.91. The SMILES string of the molecule is C=C(CNC(=O)CS)NCC(=O)NCC(=O)NCCCCS(=O)(=O)NC(=O)C1CCn2c(C(=O)c3ccccc3)ccc21. The lowest BCUT2D eigenvalue weighted by atomic mass is 10.0. The molecule has 0 saturated heterocycles. The number of benzene rings is 1. The largest absolute Gasteiger partial charge is 0.379 e. The van der Waals surface area contributed by atoms with Crippen molar-refractivity contribution in [3.8, 4) is 0 Å². The molecule has 232 valence electrons. The van der Waals surface area contributed by atoms with Gasteiger partial charge in [-0.2, -0.15) is 12.6 Å². The van der Waals surface area contributed by atoms with E-state index < -0.39 is 33.7 Å². The van der Waals surface area contributed by atoms with Crippen molar-refractivity contribution in [2.24, 2.45) is 0 Å². The molecular formula is C28H36N6O7S2. The Morgan fingerprint density at radius 3 is 2.26 bits per heavy atom. The number of unbranched alkanes of at least 4 members (excludes halogenated alkanes) is 1. The van der Waals surface area contributed by atoms with Crippen molar-refractivity contribution >= 4 is 52.1 Å². The van der Waals surface area contributed by atoms with Crippen LogP contribution in [0.3, 0.4) is 0 Å². The lowest BCUT2D eigenvalue weighted by molar-refractivity contribution is -0.125. The van der Waals surface area contributed by atoms with E-state index in [9.17, 15) is 32.4 Å². The summed E-state index contributed by atoms with van der Waals surface area (Å²) in [6, 6.07) is 12.1. The Labute approximate surface area is 255 Å². The van der Waals surface area contributed by atoms with Gasteiger partial charge < -0.3 is 25.8 Å². The maximum Gasteiger partial charge on any atom is 0.242 e. The summed E-state index contributed by atoms with van der Waals surface area (Å²) < 4.78 is 28.9. The third kappa shape index (κ3) is 10.3. The van der Waals surface area contributed by atoms with Crippen LogP contribution >= 0.6 is 12.6 Å². The quantitative estimate of drug-likeness (QED) is 0.0788. The van der Waals surface area contributed by atoms with Crippen LogP contribution in [0.15, 0.2) is 54.7 Å². The second-order valence-electron chi connectivity index (χ2n) is 9.84. The van der Waals surface area contributed by atoms with Crippen LogP contribution in [0.1, 0.15) is 46.9 Å². The lowest BCUT2D eigenvalue weighted by Crippen LogP contribution is -2.41. The molecule has 1 aliphatic heterocycles. The number of nitrogens with zero attached hydrogens (tertiary/aromatic N) is 1. The van der Waals surface area contributed by atoms with Gasteiger partial charge >= 0.3 is 0 Å². The van der Waals surface area contributed by atoms with Gasteiger partial charge in [0.25, 0.3) is 0 Å². The van der Waals surface area contributed by atoms with E-state index in [0.717, 1.165) is 0 Å². The number of carbonyl (C=O) groups excluding carboxylic acids is 5. The zero-order valence-electron chi connectivity index (χ0n) is 23.6. The highest BCUT2D eigenvalue weighted by molar-refractivity contribution is 7.90. The summed E-state index contributed by atoms with van der Waals surface area (Å²) in [6.45, 7) is 4.03. The summed E-state index contributed by atoms with van der Waals surface area (Å²) in [5.41, 5.74) is 2.00. The van der Waals surface area contributed by atoms with Gasteiger partial charge in [-0.05, 0) is 31.4 Å². The number of thiol groups is 1. The highest BCUT2D eigenvalue weighted by Gasteiger charge is 2.33. The maximum atomic E-state index is 12.9. The minimum absolute atomic E-state index is 0.0347. The van der Waals surface area contributed by atoms with Crippen molar-refractivity contribution in [1.29, 1.82) is 0 Å². The van der Waals surface area contributed by atoms with Gasteiger partial charge in [-0.15, -0.1) is 0 Å². The van der Waals surface area contributed by atoms with Crippen LogP contribution < -0.4 is 26.0 Å². The molecule has 1 unspecified atom stereocenters. The molecule has 0 radical (unpaired) electrons. The van der Waals surface area contributed by atoms with E-state index in [4.69, 9.17) is 0 Å². The average Bonchev–Trinajstić information content (AvgIpc) is 3.60. The Morgan fingerprint density at radius 2 is 1.53 bits per heavy atom. The first-order valence-corrected chi connectivity index (χ1v) is 16.0. The number of hydrogen-bond donors (Lipinski definition) is 6. The Hall–Kier alpha value is -4.11. The summed E-state index contributed by atoms with van der Waals surface area (Å²) in [7, 11) is -3.91. The van der Waals surface area contributed by atoms with Gasteiger partial charge in [0, 0.05) is 30.0 Å². The van der Waals surface area contributed by atoms with Gasteiger partial charge in [0.2, 0.25) is 39.4 Å². The molecule has 1 aromatic heterocycles. The van der Waals surface area contributed by atoms with Gasteiger partial charge in [-0.1, -0.05) is 36.9 Å². The van der Waals surface area contributed by atoms with Crippen LogP contribution in [0.4, 0.5) is 0 Å². The van der Waals surface area contributed by atoms with Crippen molar-refractivity contribution in [3.05, 3.63) is 71.7 Å². The molecule has 0 aliphatic carbocycles. The summed E-state index contributed by atoms with van der Waals surface area (Å²) >= 11 is 3.83. The van der Waals surface area contributed by atoms with Crippen LogP contribution in [0.5, 0.6) is 0 Å². The molecule has 0 bridgehead atoms. The zero-order chi connectivity index (χ0) is 31.4. The monoisotopic (exact) mass is 632 g/mol. The van der Waals surface area contributed by atoms with Gasteiger partial charge in [0.15, 0.2) is 0 Å². The summed E-state index contributed by atoms with van der Waals surface area (Å²) in [6.07, 6.45) is 0.918. The molecule has 15 heteroatoms. The van der Waals surface area contributed by atoms with Crippen molar-refractivity contribution in [2.75, 3.05) is 37.7 Å². The molecule has 0 spiro atoms. The zero-order valence-corrected chi connectivity index (χ0v) is 25.3. The number of rotatable bonds is 17. The van der Waals surface area contributed by atoms with Crippen LogP contribution in [-0.2, 0) is 35.7 Å². The van der Waals surface area contributed by atoms with Crippen molar-refractivity contribution in [2.45, 2.75) is 31.7 Å². The lowest BCUT2D eigenvalue weighted by Gasteiger charge is -2.12. The van der Waals surface area contributed by atoms with Crippen LogP contribution in [0, 0.1) is 0 Å². The predicted octanol–water partition coefficient (Wildman–Crippen LogP) is -0.186. The number of hydrogen-bond acceptors (Lipinski definition) is 9. The van der Waals surface area contributed by atoms with Crippen LogP contribution in [-0.4, -0.2) is 80.1 Å². The van der Waals surface area contributed by atoms with E-state index in [1.807, 2.05) is 6.07 Å². The smallest absolute Gasteiger partial charge is 0.242 e. The van der Waals surface area contributed by atoms with Crippen LogP contribution in [0.2, 0.25) is 0 Å². The van der Waals surface area contributed by atoms with E-state index in [1.54, 1.807) is 41.0 Å². The van der Waals surface area contributed by atoms with Gasteiger partial charge in [0.05, 0.1) is 42.8 Å². The summed E-state index contributed by atoms with van der Waals surface area (Å²) in [5, 5.41) is 10.3. The molecule has 0 fully saturated rings. The van der Waals surface area contributed by atoms with Gasteiger partial charge in [-0.3, -0.25) is 28.7 Å². The molecule has 5 N–H and O–H groups in total. The fraction of sp³-hybridized carbons (Fsp3) is 0.393. The molecule has 13 nitrogen and oxygen atoms in total. The molecule has 1 aromatic carbocycles. The highest BCUT2D eigenvalue weighted by Crippen LogP contribution is 2.31. The van der Waals surface area contributed by atoms with E-state index in [0.29, 0.717) is 42.0 Å². The number of aromatic nitrogens is 1. The Bertz CT molecular complexity index is 1460. The van der Waals surface area contributed by atoms with E-state index in [-0.39, 0.29) is 55.8 Å². The maximum absolute atomic E-state index is 12.9.